The lowest BCUT2D eigenvalue weighted by atomic mass is 10.3. The Morgan fingerprint density at radius 1 is 1.32 bits per heavy atom. The lowest BCUT2D eigenvalue weighted by molar-refractivity contribution is 0.0957. The van der Waals surface area contributed by atoms with Gasteiger partial charge in [-0.05, 0) is 46.3 Å². The molecule has 0 saturated heterocycles. The van der Waals surface area contributed by atoms with Gasteiger partial charge in [0.05, 0.1) is 9.35 Å². The van der Waals surface area contributed by atoms with Gasteiger partial charge in [-0.3, -0.25) is 10.2 Å². The van der Waals surface area contributed by atoms with Gasteiger partial charge in [0.25, 0.3) is 5.91 Å². The van der Waals surface area contributed by atoms with Crippen LogP contribution in [0, 0.1) is 0 Å². The fourth-order valence-corrected chi connectivity index (χ4v) is 3.38. The maximum atomic E-state index is 11.3. The van der Waals surface area contributed by atoms with E-state index in [1.807, 2.05) is 24.3 Å². The molecular weight excluding hydrogens is 396 g/mol. The Morgan fingerprint density at radius 2 is 2.11 bits per heavy atom. The number of hydrogen-bond acceptors (Lipinski definition) is 4. The third-order valence-corrected chi connectivity index (χ3v) is 4.45. The molecule has 0 spiro atoms. The smallest absolute Gasteiger partial charge is 0.275 e. The van der Waals surface area contributed by atoms with E-state index < -0.39 is 0 Å². The quantitative estimate of drug-likeness (QED) is 0.465. The summed E-state index contributed by atoms with van der Waals surface area (Å²) in [5.41, 5.74) is 2.10. The fraction of sp³-hybridized carbons (Fsp3) is 0.0833. The van der Waals surface area contributed by atoms with Crippen LogP contribution in [0.2, 0.25) is 0 Å². The molecule has 3 N–H and O–H groups in total. The average molecular weight is 406 g/mol. The van der Waals surface area contributed by atoms with Gasteiger partial charge in [0, 0.05) is 9.35 Å². The van der Waals surface area contributed by atoms with Crippen LogP contribution in [0.1, 0.15) is 14.5 Å². The summed E-state index contributed by atoms with van der Waals surface area (Å²) in [6, 6.07) is 9.26. The molecule has 19 heavy (non-hydrogen) atoms. The molecule has 0 bridgehead atoms. The van der Waals surface area contributed by atoms with Crippen molar-refractivity contribution in [1.29, 1.82) is 0 Å². The van der Waals surface area contributed by atoms with Crippen molar-refractivity contribution in [2.24, 2.45) is 5.84 Å². The van der Waals surface area contributed by atoms with Gasteiger partial charge in [0.1, 0.15) is 12.4 Å². The zero-order valence-electron chi connectivity index (χ0n) is 9.65. The van der Waals surface area contributed by atoms with Crippen molar-refractivity contribution < 1.29 is 9.53 Å². The summed E-state index contributed by atoms with van der Waals surface area (Å²) in [6.45, 7) is 0.406. The molecule has 0 aliphatic heterocycles. The molecule has 1 heterocycles. The number of benzene rings is 1. The summed E-state index contributed by atoms with van der Waals surface area (Å²) < 4.78 is 7.53. The van der Waals surface area contributed by atoms with E-state index in [2.05, 4.69) is 37.3 Å². The van der Waals surface area contributed by atoms with Gasteiger partial charge >= 0.3 is 0 Å². The minimum Gasteiger partial charge on any atom is -0.487 e. The molecular formula is C12H10Br2N2O2S. The summed E-state index contributed by atoms with van der Waals surface area (Å²) in [5.74, 6) is 5.54. The van der Waals surface area contributed by atoms with E-state index in [-0.39, 0.29) is 5.91 Å². The second kappa shape index (κ2) is 6.51. The zero-order valence-corrected chi connectivity index (χ0v) is 13.6. The Morgan fingerprint density at radius 3 is 2.79 bits per heavy atom. The predicted molar refractivity (Wildman–Crippen MR) is 82.1 cm³/mol. The number of rotatable bonds is 4. The van der Waals surface area contributed by atoms with Crippen molar-refractivity contribution in [3.8, 4) is 5.75 Å². The third kappa shape index (κ3) is 3.79. The molecule has 1 aromatic carbocycles. The summed E-state index contributed by atoms with van der Waals surface area (Å²) in [5, 5.41) is 0. The molecule has 0 unspecified atom stereocenters. The van der Waals surface area contributed by atoms with E-state index >= 15 is 0 Å². The molecule has 2 rings (SSSR count). The molecule has 0 atom stereocenters. The highest BCUT2D eigenvalue weighted by atomic mass is 79.9. The standard InChI is InChI=1S/C12H10Br2N2O2S/c13-7-1-3-10(9(14)5-7)18-6-8-2-4-11(19-8)12(17)16-15/h1-5H,6,15H2,(H,16,17). The van der Waals surface area contributed by atoms with Gasteiger partial charge in [-0.15, -0.1) is 11.3 Å². The molecule has 0 aliphatic carbocycles. The second-order valence-corrected chi connectivity index (χ2v) is 6.54. The largest absolute Gasteiger partial charge is 0.487 e. The number of halogens is 2. The second-order valence-electron chi connectivity index (χ2n) is 3.60. The first-order valence-corrected chi connectivity index (χ1v) is 7.68. The van der Waals surface area contributed by atoms with E-state index in [1.54, 1.807) is 6.07 Å². The van der Waals surface area contributed by atoms with Crippen LogP contribution < -0.4 is 16.0 Å². The summed E-state index contributed by atoms with van der Waals surface area (Å²) in [7, 11) is 0. The predicted octanol–water partition coefficient (Wildman–Crippen LogP) is 3.46. The number of ether oxygens (including phenoxy) is 1. The van der Waals surface area contributed by atoms with E-state index in [4.69, 9.17) is 10.6 Å². The molecule has 1 aromatic heterocycles. The Balaban J connectivity index is 2.02. The molecule has 0 saturated carbocycles. The Bertz CT molecular complexity index is 601. The van der Waals surface area contributed by atoms with Crippen molar-refractivity contribution >= 4 is 49.1 Å². The molecule has 0 aliphatic rings. The van der Waals surface area contributed by atoms with Crippen LogP contribution in [-0.4, -0.2) is 5.91 Å². The molecule has 4 nitrogen and oxygen atoms in total. The highest BCUT2D eigenvalue weighted by Crippen LogP contribution is 2.29. The first kappa shape index (κ1) is 14.5. The number of nitrogen functional groups attached to an aromatic ring is 1. The number of hydrogen-bond donors (Lipinski definition) is 2. The van der Waals surface area contributed by atoms with E-state index in [1.165, 1.54) is 11.3 Å². The minimum absolute atomic E-state index is 0.291. The number of nitrogens with two attached hydrogens (primary N) is 1. The van der Waals surface area contributed by atoms with Crippen LogP contribution in [0.4, 0.5) is 0 Å². The highest BCUT2D eigenvalue weighted by molar-refractivity contribution is 9.11. The number of carbonyl (C=O) groups is 1. The lowest BCUT2D eigenvalue weighted by Crippen LogP contribution is -2.29. The van der Waals surface area contributed by atoms with Crippen LogP contribution in [0.5, 0.6) is 5.75 Å². The Labute approximate surface area is 131 Å². The Hall–Kier alpha value is -0.890. The zero-order chi connectivity index (χ0) is 13.8. The van der Waals surface area contributed by atoms with Crippen LogP contribution in [0.15, 0.2) is 39.3 Å². The molecule has 100 valence electrons. The third-order valence-electron chi connectivity index (χ3n) is 2.28. The number of thiophene rings is 1. The van der Waals surface area contributed by atoms with Gasteiger partial charge < -0.3 is 4.74 Å². The van der Waals surface area contributed by atoms with Gasteiger partial charge in [0.15, 0.2) is 0 Å². The summed E-state index contributed by atoms with van der Waals surface area (Å²) >= 11 is 8.16. The van der Waals surface area contributed by atoms with Gasteiger partial charge in [0.2, 0.25) is 0 Å². The molecule has 1 amide bonds. The summed E-state index contributed by atoms with van der Waals surface area (Å²) in [4.78, 5) is 12.8. The summed E-state index contributed by atoms with van der Waals surface area (Å²) in [6.07, 6.45) is 0. The number of hydrazine groups is 1. The molecule has 0 radical (unpaired) electrons. The maximum Gasteiger partial charge on any atom is 0.275 e. The number of nitrogens with one attached hydrogen (secondary N) is 1. The minimum atomic E-state index is -0.291. The molecule has 7 heteroatoms. The van der Waals surface area contributed by atoms with Crippen molar-refractivity contribution in [3.63, 3.8) is 0 Å². The Kier molecular flexibility index (Phi) is 4.98. The SMILES string of the molecule is NNC(=O)c1ccc(COc2ccc(Br)cc2Br)s1. The number of amides is 1. The highest BCUT2D eigenvalue weighted by Gasteiger charge is 2.08. The van der Waals surface area contributed by atoms with Crippen molar-refractivity contribution in [2.45, 2.75) is 6.61 Å². The molecule has 2 aromatic rings. The first-order chi connectivity index (χ1) is 9.10. The lowest BCUT2D eigenvalue weighted by Gasteiger charge is -2.07. The van der Waals surface area contributed by atoms with E-state index in [0.29, 0.717) is 11.5 Å². The van der Waals surface area contributed by atoms with Gasteiger partial charge in [-0.1, -0.05) is 15.9 Å². The van der Waals surface area contributed by atoms with Gasteiger partial charge in [-0.2, -0.15) is 0 Å². The fourth-order valence-electron chi connectivity index (χ4n) is 1.39. The number of carbonyl (C=O) groups excluding carboxylic acids is 1. The van der Waals surface area contributed by atoms with Crippen LogP contribution in [-0.2, 0) is 6.61 Å². The van der Waals surface area contributed by atoms with Crippen LogP contribution >= 0.6 is 43.2 Å². The van der Waals surface area contributed by atoms with Crippen LogP contribution in [0.25, 0.3) is 0 Å². The van der Waals surface area contributed by atoms with Gasteiger partial charge in [-0.25, -0.2) is 5.84 Å². The van der Waals surface area contributed by atoms with Crippen LogP contribution in [0.3, 0.4) is 0 Å². The topological polar surface area (TPSA) is 64.3 Å². The van der Waals surface area contributed by atoms with Crippen molar-refractivity contribution in [3.05, 3.63) is 49.0 Å². The molecule has 0 fully saturated rings. The van der Waals surface area contributed by atoms with Crippen molar-refractivity contribution in [2.75, 3.05) is 0 Å². The van der Waals surface area contributed by atoms with Crippen molar-refractivity contribution in [1.82, 2.24) is 5.43 Å². The van der Waals surface area contributed by atoms with E-state index in [0.717, 1.165) is 19.6 Å². The normalized spacial score (nSPS) is 10.3. The maximum absolute atomic E-state index is 11.3. The van der Waals surface area contributed by atoms with E-state index in [9.17, 15) is 4.79 Å². The average Bonchev–Trinajstić information content (AvgIpc) is 2.85. The monoisotopic (exact) mass is 404 g/mol. The first-order valence-electron chi connectivity index (χ1n) is 5.27.